The van der Waals surface area contributed by atoms with E-state index in [0.717, 1.165) is 0 Å². The summed E-state index contributed by atoms with van der Waals surface area (Å²) in [5.41, 5.74) is -2.24. The van der Waals surface area contributed by atoms with Crippen LogP contribution in [0.25, 0.3) is 27.5 Å². The van der Waals surface area contributed by atoms with Crippen molar-refractivity contribution in [2.45, 2.75) is 25.6 Å². The molecule has 0 fully saturated rings. The third-order valence-electron chi connectivity index (χ3n) is 5.45. The lowest BCUT2D eigenvalue weighted by molar-refractivity contribution is -0.247. The first-order valence-corrected chi connectivity index (χ1v) is 10.4. The Hall–Kier alpha value is -3.65. The molecule has 4 nitrogen and oxygen atoms in total. The minimum atomic E-state index is -4.97. The summed E-state index contributed by atoms with van der Waals surface area (Å²) in [6.45, 7) is 4.00. The van der Waals surface area contributed by atoms with E-state index in [2.05, 4.69) is 10.1 Å². The summed E-state index contributed by atoms with van der Waals surface area (Å²) in [7, 11) is 0. The van der Waals surface area contributed by atoms with Crippen LogP contribution in [0, 0.1) is 5.82 Å². The number of alkyl halides is 3. The molecular weight excluding hydrogens is 434 g/mol. The number of fused-ring (bicyclic) bond motifs is 2. The molecule has 0 aliphatic rings. The first kappa shape index (κ1) is 22.5. The molecular formula is C25H21F4N3O. The van der Waals surface area contributed by atoms with Gasteiger partial charge >= 0.3 is 6.18 Å². The summed E-state index contributed by atoms with van der Waals surface area (Å²) in [6, 6.07) is 16.1. The summed E-state index contributed by atoms with van der Waals surface area (Å²) < 4.78 is 57.5. The summed E-state index contributed by atoms with van der Waals surface area (Å²) in [6.07, 6.45) is -2.38. The van der Waals surface area contributed by atoms with Gasteiger partial charge in [-0.2, -0.15) is 18.3 Å². The van der Waals surface area contributed by atoms with E-state index in [9.17, 15) is 22.7 Å². The molecule has 0 saturated heterocycles. The van der Waals surface area contributed by atoms with Crippen molar-refractivity contribution in [2.75, 3.05) is 0 Å². The van der Waals surface area contributed by atoms with E-state index in [1.165, 1.54) is 65.6 Å². The molecule has 8 heteroatoms. The molecule has 3 aromatic carbocycles. The maximum absolute atomic E-state index is 14.3. The molecule has 0 amide bonds. The highest BCUT2D eigenvalue weighted by Gasteiger charge is 2.57. The van der Waals surface area contributed by atoms with E-state index in [-0.39, 0.29) is 16.5 Å². The molecule has 5 aromatic rings. The van der Waals surface area contributed by atoms with Crippen LogP contribution in [0.4, 0.5) is 17.6 Å². The van der Waals surface area contributed by atoms with Crippen molar-refractivity contribution in [1.82, 2.24) is 14.8 Å². The lowest BCUT2D eigenvalue weighted by atomic mass is 9.85. The maximum Gasteiger partial charge on any atom is 0.425 e. The number of aliphatic hydroxyl groups is 1. The number of para-hydroxylation sites is 1. The minimum Gasteiger partial charge on any atom is -0.372 e. The lowest BCUT2D eigenvalue weighted by Crippen LogP contribution is -2.43. The molecule has 2 N–H and O–H groups in total. The molecule has 170 valence electrons. The first-order chi connectivity index (χ1) is 15.8. The second-order valence-electron chi connectivity index (χ2n) is 7.26. The predicted molar refractivity (Wildman–Crippen MR) is 120 cm³/mol. The van der Waals surface area contributed by atoms with Gasteiger partial charge in [-0.25, -0.2) is 9.07 Å². The van der Waals surface area contributed by atoms with Crippen LogP contribution in [0.15, 0.2) is 79.1 Å². The SMILES string of the molecule is CC.OC(c1ccc2c(cnn2-c2ccc(F)cc2)c1)(c1c[nH]c2ccccc12)C(F)(F)F. The van der Waals surface area contributed by atoms with Crippen LogP contribution >= 0.6 is 0 Å². The molecule has 0 bridgehead atoms. The van der Waals surface area contributed by atoms with Gasteiger partial charge in [0.05, 0.1) is 17.4 Å². The normalized spacial score (nSPS) is 13.5. The molecule has 5 rings (SSSR count). The predicted octanol–water partition coefficient (Wildman–Crippen LogP) is 6.47. The van der Waals surface area contributed by atoms with Crippen molar-refractivity contribution in [1.29, 1.82) is 0 Å². The number of halogens is 4. The van der Waals surface area contributed by atoms with Gasteiger partial charge < -0.3 is 10.1 Å². The van der Waals surface area contributed by atoms with Crippen LogP contribution in [-0.2, 0) is 5.60 Å². The average molecular weight is 455 g/mol. The Morgan fingerprint density at radius 1 is 0.939 bits per heavy atom. The number of rotatable bonds is 3. The molecule has 1 atom stereocenters. The van der Waals surface area contributed by atoms with E-state index < -0.39 is 17.6 Å². The average Bonchev–Trinajstić information content (AvgIpc) is 3.44. The fourth-order valence-corrected chi connectivity index (χ4v) is 3.89. The monoisotopic (exact) mass is 455 g/mol. The fourth-order valence-electron chi connectivity index (χ4n) is 3.89. The van der Waals surface area contributed by atoms with Crippen molar-refractivity contribution in [3.8, 4) is 5.69 Å². The number of benzene rings is 3. The Kier molecular flexibility index (Phi) is 5.71. The number of hydrogen-bond acceptors (Lipinski definition) is 2. The molecule has 0 aliphatic heterocycles. The zero-order valence-electron chi connectivity index (χ0n) is 17.9. The first-order valence-electron chi connectivity index (χ1n) is 10.4. The summed E-state index contributed by atoms with van der Waals surface area (Å²) in [5, 5.41) is 16.0. The van der Waals surface area contributed by atoms with Gasteiger partial charge in [0.2, 0.25) is 5.60 Å². The van der Waals surface area contributed by atoms with Gasteiger partial charge in [0.1, 0.15) is 5.82 Å². The maximum atomic E-state index is 14.3. The van der Waals surface area contributed by atoms with Gasteiger partial charge in [-0.1, -0.05) is 38.1 Å². The highest BCUT2D eigenvalue weighted by atomic mass is 19.4. The highest BCUT2D eigenvalue weighted by Crippen LogP contribution is 2.47. The van der Waals surface area contributed by atoms with Crippen LogP contribution in [0.2, 0.25) is 0 Å². The van der Waals surface area contributed by atoms with Gasteiger partial charge in [0.15, 0.2) is 0 Å². The van der Waals surface area contributed by atoms with E-state index >= 15 is 0 Å². The second kappa shape index (κ2) is 8.37. The third-order valence-corrected chi connectivity index (χ3v) is 5.45. The van der Waals surface area contributed by atoms with Crippen LogP contribution in [0.5, 0.6) is 0 Å². The Balaban J connectivity index is 0.00000126. The van der Waals surface area contributed by atoms with Gasteiger partial charge in [-0.3, -0.25) is 0 Å². The second-order valence-corrected chi connectivity index (χ2v) is 7.26. The van der Waals surface area contributed by atoms with E-state index in [1.54, 1.807) is 18.2 Å². The quantitative estimate of drug-likeness (QED) is 0.306. The third kappa shape index (κ3) is 3.66. The molecule has 0 radical (unpaired) electrons. The van der Waals surface area contributed by atoms with Crippen molar-refractivity contribution >= 4 is 21.8 Å². The summed E-state index contributed by atoms with van der Waals surface area (Å²) >= 11 is 0. The molecule has 1 unspecified atom stereocenters. The number of nitrogens with one attached hydrogen (secondary N) is 1. The van der Waals surface area contributed by atoms with Crippen LogP contribution in [-0.4, -0.2) is 26.0 Å². The zero-order chi connectivity index (χ0) is 23.8. The van der Waals surface area contributed by atoms with Crippen molar-refractivity contribution in [3.63, 3.8) is 0 Å². The van der Waals surface area contributed by atoms with Crippen LogP contribution < -0.4 is 0 Å². The molecule has 0 aliphatic carbocycles. The Labute approximate surface area is 187 Å². The minimum absolute atomic E-state index is 0.277. The zero-order valence-corrected chi connectivity index (χ0v) is 17.9. The van der Waals surface area contributed by atoms with Crippen molar-refractivity contribution in [2.24, 2.45) is 0 Å². The van der Waals surface area contributed by atoms with Gasteiger partial charge in [0, 0.05) is 28.0 Å². The number of aromatic amines is 1. The van der Waals surface area contributed by atoms with Crippen molar-refractivity contribution < 1.29 is 22.7 Å². The van der Waals surface area contributed by atoms with E-state index in [1.807, 2.05) is 13.8 Å². The fraction of sp³-hybridized carbons (Fsp3) is 0.160. The van der Waals surface area contributed by atoms with Gasteiger partial charge in [-0.15, -0.1) is 0 Å². The number of aromatic nitrogens is 3. The molecule has 0 saturated carbocycles. The highest BCUT2D eigenvalue weighted by molar-refractivity contribution is 5.86. The smallest absolute Gasteiger partial charge is 0.372 e. The van der Waals surface area contributed by atoms with Crippen LogP contribution in [0.1, 0.15) is 25.0 Å². The largest absolute Gasteiger partial charge is 0.425 e. The summed E-state index contributed by atoms with van der Waals surface area (Å²) in [5.74, 6) is -0.406. The Morgan fingerprint density at radius 2 is 1.64 bits per heavy atom. The number of hydrogen-bond donors (Lipinski definition) is 2. The van der Waals surface area contributed by atoms with E-state index in [0.29, 0.717) is 22.1 Å². The number of H-pyrrole nitrogens is 1. The molecule has 0 spiro atoms. The lowest BCUT2D eigenvalue weighted by Gasteiger charge is -2.31. The van der Waals surface area contributed by atoms with Gasteiger partial charge in [0.25, 0.3) is 0 Å². The number of nitrogens with zero attached hydrogens (tertiary/aromatic N) is 2. The van der Waals surface area contributed by atoms with E-state index in [4.69, 9.17) is 0 Å². The molecule has 2 heterocycles. The standard InChI is InChI=1S/C23H15F4N3O.C2H6/c24-16-6-8-17(9-7-16)30-21-10-5-15(11-14(21)12-29-30)22(31,23(25,26)27)19-13-28-20-4-2-1-3-18(19)20;1-2/h1-13,28,31H;1-2H3. The van der Waals surface area contributed by atoms with Crippen LogP contribution in [0.3, 0.4) is 0 Å². The van der Waals surface area contributed by atoms with Gasteiger partial charge in [-0.05, 0) is 48.0 Å². The van der Waals surface area contributed by atoms with Crippen molar-refractivity contribution in [3.05, 3.63) is 96.1 Å². The topological polar surface area (TPSA) is 53.8 Å². The Bertz CT molecular complexity index is 1400. The molecule has 2 aromatic heterocycles. The molecule has 33 heavy (non-hydrogen) atoms. The Morgan fingerprint density at radius 3 is 2.33 bits per heavy atom. The summed E-state index contributed by atoms with van der Waals surface area (Å²) in [4.78, 5) is 2.80.